The fourth-order valence-electron chi connectivity index (χ4n) is 5.35. The highest BCUT2D eigenvalue weighted by atomic mass is 32.2. The first kappa shape index (κ1) is 41.2. The Balaban J connectivity index is 0.000000940. The van der Waals surface area contributed by atoms with Crippen LogP contribution in [0.1, 0.15) is 103 Å². The number of carbonyl (C=O) groups is 2. The smallest absolute Gasteiger partial charge is 0.251 e. The Labute approximate surface area is 300 Å². The van der Waals surface area contributed by atoms with Crippen LogP contribution in [0.3, 0.4) is 0 Å². The van der Waals surface area contributed by atoms with Crippen LogP contribution in [0.5, 0.6) is 0 Å². The summed E-state index contributed by atoms with van der Waals surface area (Å²) in [6.45, 7) is 23.9. The molecule has 0 bridgehead atoms. The molecule has 0 saturated heterocycles. The van der Waals surface area contributed by atoms with Crippen LogP contribution in [-0.2, 0) is 4.79 Å². The molecule has 0 fully saturated rings. The van der Waals surface area contributed by atoms with Crippen LogP contribution in [0.2, 0.25) is 0 Å². The first-order chi connectivity index (χ1) is 23.2. The molecule has 49 heavy (non-hydrogen) atoms. The summed E-state index contributed by atoms with van der Waals surface area (Å²) < 4.78 is 0. The number of carbonyl (C=O) groups excluding carboxylic acids is 2. The Morgan fingerprint density at radius 1 is 0.918 bits per heavy atom. The van der Waals surface area contributed by atoms with E-state index in [1.807, 2.05) is 24.3 Å². The molecule has 1 aliphatic rings. The van der Waals surface area contributed by atoms with Gasteiger partial charge in [-0.05, 0) is 84.7 Å². The van der Waals surface area contributed by atoms with Crippen LogP contribution in [-0.4, -0.2) is 42.3 Å². The second-order valence-electron chi connectivity index (χ2n) is 14.1. The van der Waals surface area contributed by atoms with E-state index in [2.05, 4.69) is 152 Å². The highest BCUT2D eigenvalue weighted by molar-refractivity contribution is 8.13. The van der Waals surface area contributed by atoms with Crippen molar-refractivity contribution in [1.29, 1.82) is 0 Å². The first-order valence-corrected chi connectivity index (χ1v) is 19.3. The predicted octanol–water partition coefficient (Wildman–Crippen LogP) is 10.3. The van der Waals surface area contributed by atoms with E-state index in [-0.39, 0.29) is 40.2 Å². The van der Waals surface area contributed by atoms with Gasteiger partial charge in [-0.15, -0.1) is 13.2 Å². The van der Waals surface area contributed by atoms with Gasteiger partial charge in [-0.25, -0.2) is 0 Å². The van der Waals surface area contributed by atoms with Crippen molar-refractivity contribution in [3.05, 3.63) is 137 Å². The molecular weight excluding hydrogens is 621 g/mol. The van der Waals surface area contributed by atoms with E-state index in [4.69, 9.17) is 0 Å². The zero-order valence-electron chi connectivity index (χ0n) is 31.5. The highest BCUT2D eigenvalue weighted by Gasteiger charge is 2.29. The summed E-state index contributed by atoms with van der Waals surface area (Å²) in [5, 5.41) is 6.27. The maximum atomic E-state index is 13.9. The van der Waals surface area contributed by atoms with Crippen molar-refractivity contribution in [2.24, 2.45) is 5.41 Å². The number of hydrogen-bond donors (Lipinski definition) is 2. The Kier molecular flexibility index (Phi) is 16.7. The molecule has 0 spiro atoms. The minimum atomic E-state index is -0.368. The quantitative estimate of drug-likeness (QED) is 0.165. The molecule has 2 amide bonds. The highest BCUT2D eigenvalue weighted by Crippen LogP contribution is 2.34. The Bertz CT molecular complexity index is 1590. The SMILES string of the molecule is C=C.C=S(C)CCNC(=O)c1ccc(C(C)C(C(=O)NC2C=CC(c3ccc(C)cc3C)=CC2)c2ccc(C)cc2)cc1.CCC(C)(C)C. The lowest BCUT2D eigenvalue weighted by Gasteiger charge is -2.27. The molecule has 264 valence electrons. The summed E-state index contributed by atoms with van der Waals surface area (Å²) >= 11 is 0. The van der Waals surface area contributed by atoms with Crippen LogP contribution < -0.4 is 10.6 Å². The molecule has 0 radical (unpaired) electrons. The van der Waals surface area contributed by atoms with Gasteiger partial charge in [0.15, 0.2) is 0 Å². The molecular formula is C44H60N2O2S. The van der Waals surface area contributed by atoms with Gasteiger partial charge in [0.05, 0.1) is 12.0 Å². The molecule has 0 aromatic heterocycles. The Morgan fingerprint density at radius 2 is 1.49 bits per heavy atom. The monoisotopic (exact) mass is 680 g/mol. The van der Waals surface area contributed by atoms with Crippen LogP contribution in [0.15, 0.2) is 98.1 Å². The summed E-state index contributed by atoms with van der Waals surface area (Å²) in [5.41, 5.74) is 9.27. The van der Waals surface area contributed by atoms with Crippen LogP contribution in [0, 0.1) is 26.2 Å². The number of hydrogen-bond acceptors (Lipinski definition) is 2. The summed E-state index contributed by atoms with van der Waals surface area (Å²) in [4.78, 5) is 26.4. The molecule has 3 aromatic rings. The third-order valence-electron chi connectivity index (χ3n) is 8.83. The van der Waals surface area contributed by atoms with Gasteiger partial charge >= 0.3 is 0 Å². The van der Waals surface area contributed by atoms with Crippen molar-refractivity contribution in [3.63, 3.8) is 0 Å². The number of nitrogens with one attached hydrogen (secondary N) is 2. The van der Waals surface area contributed by atoms with Gasteiger partial charge in [0.2, 0.25) is 5.91 Å². The number of rotatable bonds is 10. The molecule has 4 nitrogen and oxygen atoms in total. The number of benzene rings is 3. The third-order valence-corrected chi connectivity index (χ3v) is 9.74. The van der Waals surface area contributed by atoms with Crippen LogP contribution >= 0.6 is 10.5 Å². The fraction of sp³-hybridized carbons (Fsp3) is 0.386. The maximum absolute atomic E-state index is 13.9. The lowest BCUT2D eigenvalue weighted by molar-refractivity contribution is -0.123. The van der Waals surface area contributed by atoms with Crippen LogP contribution in [0.4, 0.5) is 0 Å². The average molecular weight is 681 g/mol. The van der Waals surface area contributed by atoms with Crippen molar-refractivity contribution >= 4 is 33.7 Å². The molecule has 1 aliphatic carbocycles. The standard InChI is InChI=1S/C36H42N2O2S.C6H14.C2H4/c1-24-7-10-30(11-8-24)34(27(4)28-12-14-31(15-13-28)35(39)37-21-22-41(5)6)36(40)38-32-18-16-29(17-19-32)33-20-9-25(2)23-26(33)3;1-5-6(2,3)4;1-2/h7-18,20,23,27,32,34H,5,19,21-22H2,1-4,6H3,(H,37,39)(H,38,40);5H2,1-4H3;1-2H2. The van der Waals surface area contributed by atoms with Crippen molar-refractivity contribution in [2.75, 3.05) is 18.6 Å². The summed E-state index contributed by atoms with van der Waals surface area (Å²) in [6, 6.07) is 22.3. The molecule has 5 heteroatoms. The minimum absolute atomic E-state index is 0.00400. The summed E-state index contributed by atoms with van der Waals surface area (Å²) in [6.07, 6.45) is 10.5. The Hall–Kier alpha value is -3.96. The fourth-order valence-corrected chi connectivity index (χ4v) is 5.80. The van der Waals surface area contributed by atoms with Crippen molar-refractivity contribution in [2.45, 2.75) is 86.1 Å². The molecule has 2 N–H and O–H groups in total. The minimum Gasteiger partial charge on any atom is -0.351 e. The van der Waals surface area contributed by atoms with Crippen molar-refractivity contribution in [3.8, 4) is 0 Å². The van der Waals surface area contributed by atoms with Gasteiger partial charge < -0.3 is 10.6 Å². The second kappa shape index (κ2) is 19.9. The Morgan fingerprint density at radius 3 is 2.00 bits per heavy atom. The van der Waals surface area contributed by atoms with Gasteiger partial charge in [-0.1, -0.05) is 131 Å². The predicted molar refractivity (Wildman–Crippen MR) is 217 cm³/mol. The molecule has 3 aromatic carbocycles. The van der Waals surface area contributed by atoms with Gasteiger partial charge in [-0.2, -0.15) is 10.5 Å². The molecule has 4 rings (SSSR count). The summed E-state index contributed by atoms with van der Waals surface area (Å²) in [5.74, 6) is 4.33. The lowest BCUT2D eigenvalue weighted by atomic mass is 9.81. The van der Waals surface area contributed by atoms with E-state index in [0.29, 0.717) is 17.5 Å². The second-order valence-corrected chi connectivity index (χ2v) is 16.1. The van der Waals surface area contributed by atoms with Crippen molar-refractivity contribution < 1.29 is 9.59 Å². The van der Waals surface area contributed by atoms with Gasteiger partial charge in [0.25, 0.3) is 5.91 Å². The van der Waals surface area contributed by atoms with Crippen molar-refractivity contribution in [1.82, 2.24) is 10.6 Å². The largest absolute Gasteiger partial charge is 0.351 e. The van der Waals surface area contributed by atoms with Gasteiger partial charge in [0, 0.05) is 17.9 Å². The van der Waals surface area contributed by atoms with E-state index in [9.17, 15) is 9.59 Å². The number of allylic oxidation sites excluding steroid dienone is 2. The van der Waals surface area contributed by atoms with E-state index >= 15 is 0 Å². The van der Waals surface area contributed by atoms with Gasteiger partial charge in [-0.3, -0.25) is 9.59 Å². The number of amides is 2. The first-order valence-electron chi connectivity index (χ1n) is 17.3. The van der Waals surface area contributed by atoms with Crippen LogP contribution in [0.25, 0.3) is 5.57 Å². The average Bonchev–Trinajstić information content (AvgIpc) is 3.07. The molecule has 0 heterocycles. The van der Waals surface area contributed by atoms with Gasteiger partial charge in [0.1, 0.15) is 0 Å². The zero-order valence-corrected chi connectivity index (χ0v) is 32.3. The number of aryl methyl sites for hydroxylation is 3. The lowest BCUT2D eigenvalue weighted by Crippen LogP contribution is -2.39. The third kappa shape index (κ3) is 13.5. The zero-order chi connectivity index (χ0) is 36.7. The molecule has 4 atom stereocenters. The molecule has 4 unspecified atom stereocenters. The molecule has 0 aliphatic heterocycles. The normalized spacial score (nSPS) is 15.6. The van der Waals surface area contributed by atoms with E-state index in [1.165, 1.54) is 28.7 Å². The summed E-state index contributed by atoms with van der Waals surface area (Å²) in [7, 11) is 0.0464. The molecule has 0 saturated carbocycles. The maximum Gasteiger partial charge on any atom is 0.251 e. The van der Waals surface area contributed by atoms with E-state index in [0.717, 1.165) is 28.9 Å². The van der Waals surface area contributed by atoms with E-state index < -0.39 is 0 Å². The topological polar surface area (TPSA) is 58.2 Å². The van der Waals surface area contributed by atoms with E-state index in [1.54, 1.807) is 0 Å².